The number of hydrogen-bond acceptors (Lipinski definition) is 4. The van der Waals surface area contributed by atoms with Crippen molar-refractivity contribution in [2.75, 3.05) is 54.4 Å². The van der Waals surface area contributed by atoms with E-state index in [9.17, 15) is 4.79 Å². The van der Waals surface area contributed by atoms with E-state index in [1.54, 1.807) is 19.1 Å². The smallest absolute Gasteiger partial charge is 0.239 e. The Kier molecular flexibility index (Phi) is 9.07. The predicted octanol–water partition coefficient (Wildman–Crippen LogP) is 1.35. The summed E-state index contributed by atoms with van der Waals surface area (Å²) >= 11 is 0. The lowest BCUT2D eigenvalue weighted by Gasteiger charge is -2.26. The Hall–Kier alpha value is -2.28. The summed E-state index contributed by atoms with van der Waals surface area (Å²) < 4.78 is 5.39. The average Bonchev–Trinajstić information content (AvgIpc) is 3.17. The molecule has 0 bridgehead atoms. The summed E-state index contributed by atoms with van der Waals surface area (Å²) in [6, 6.07) is 8.12. The molecule has 2 N–H and O–H groups in total. The third kappa shape index (κ3) is 6.41. The van der Waals surface area contributed by atoms with Crippen LogP contribution in [0.25, 0.3) is 0 Å². The van der Waals surface area contributed by atoms with Crippen LogP contribution in [0.5, 0.6) is 5.75 Å². The number of aliphatic imine (C=N–C) groups is 1. The SMILES string of the molecule is CN=C(NCCCN1CCCC1C(=O)N(C)C)NCCc1ccccc1OC. The molecule has 0 saturated carbocycles. The molecule has 0 radical (unpaired) electrons. The molecule has 28 heavy (non-hydrogen) atoms. The van der Waals surface area contributed by atoms with Crippen molar-refractivity contribution in [3.05, 3.63) is 29.8 Å². The Bertz CT molecular complexity index is 647. The number of ether oxygens (including phenoxy) is 1. The normalized spacial score (nSPS) is 17.4. The van der Waals surface area contributed by atoms with Gasteiger partial charge in [0.1, 0.15) is 5.75 Å². The molecule has 1 atom stereocenters. The van der Waals surface area contributed by atoms with E-state index >= 15 is 0 Å². The van der Waals surface area contributed by atoms with E-state index in [0.717, 1.165) is 63.6 Å². The first-order valence-electron chi connectivity index (χ1n) is 10.1. The molecule has 7 heteroatoms. The van der Waals surface area contributed by atoms with E-state index in [-0.39, 0.29) is 11.9 Å². The molecule has 1 fully saturated rings. The number of para-hydroxylation sites is 1. The quantitative estimate of drug-likeness (QED) is 0.379. The van der Waals surface area contributed by atoms with Gasteiger partial charge in [-0.05, 0) is 43.9 Å². The van der Waals surface area contributed by atoms with Crippen molar-refractivity contribution >= 4 is 11.9 Å². The molecular weight excluding hydrogens is 354 g/mol. The lowest BCUT2D eigenvalue weighted by atomic mass is 10.1. The fourth-order valence-corrected chi connectivity index (χ4v) is 3.61. The number of nitrogens with zero attached hydrogens (tertiary/aromatic N) is 3. The van der Waals surface area contributed by atoms with E-state index < -0.39 is 0 Å². The molecule has 0 aliphatic carbocycles. The molecule has 1 aromatic carbocycles. The van der Waals surface area contributed by atoms with E-state index in [0.29, 0.717) is 0 Å². The number of methoxy groups -OCH3 is 1. The number of likely N-dealkylation sites (tertiary alicyclic amines) is 1. The van der Waals surface area contributed by atoms with Crippen LogP contribution < -0.4 is 15.4 Å². The molecule has 1 heterocycles. The molecule has 1 aliphatic heterocycles. The second kappa shape index (κ2) is 11.5. The van der Waals surface area contributed by atoms with Gasteiger partial charge in [0.25, 0.3) is 0 Å². The molecule has 156 valence electrons. The number of amides is 1. The highest BCUT2D eigenvalue weighted by Crippen LogP contribution is 2.19. The number of benzene rings is 1. The van der Waals surface area contributed by atoms with Gasteiger partial charge in [0.2, 0.25) is 5.91 Å². The molecule has 1 amide bonds. The summed E-state index contributed by atoms with van der Waals surface area (Å²) in [5.41, 5.74) is 1.18. The number of carbonyl (C=O) groups excluding carboxylic acids is 1. The van der Waals surface area contributed by atoms with Gasteiger partial charge >= 0.3 is 0 Å². The van der Waals surface area contributed by atoms with Gasteiger partial charge in [0.15, 0.2) is 5.96 Å². The van der Waals surface area contributed by atoms with Crippen LogP contribution in [-0.2, 0) is 11.2 Å². The maximum absolute atomic E-state index is 12.3. The third-order valence-electron chi connectivity index (χ3n) is 5.11. The predicted molar refractivity (Wildman–Crippen MR) is 114 cm³/mol. The molecular formula is C21H35N5O2. The molecule has 7 nitrogen and oxygen atoms in total. The Labute approximate surface area is 169 Å². The minimum atomic E-state index is 0.0493. The van der Waals surface area contributed by atoms with Gasteiger partial charge in [-0.25, -0.2) is 0 Å². The number of carbonyl (C=O) groups is 1. The zero-order valence-electron chi connectivity index (χ0n) is 17.7. The fourth-order valence-electron chi connectivity index (χ4n) is 3.61. The minimum Gasteiger partial charge on any atom is -0.496 e. The molecule has 0 aromatic heterocycles. The minimum absolute atomic E-state index is 0.0493. The first kappa shape index (κ1) is 22.0. The van der Waals surface area contributed by atoms with E-state index in [4.69, 9.17) is 4.74 Å². The van der Waals surface area contributed by atoms with E-state index in [1.807, 2.05) is 32.3 Å². The molecule has 1 saturated heterocycles. The van der Waals surface area contributed by atoms with Crippen LogP contribution in [0.3, 0.4) is 0 Å². The summed E-state index contributed by atoms with van der Waals surface area (Å²) in [7, 11) is 7.15. The molecule has 1 aliphatic rings. The van der Waals surface area contributed by atoms with Gasteiger partial charge in [-0.15, -0.1) is 0 Å². The monoisotopic (exact) mass is 389 g/mol. The topological polar surface area (TPSA) is 69.2 Å². The second-order valence-corrected chi connectivity index (χ2v) is 7.27. The lowest BCUT2D eigenvalue weighted by molar-refractivity contribution is -0.133. The average molecular weight is 390 g/mol. The Morgan fingerprint density at radius 1 is 1.29 bits per heavy atom. The van der Waals surface area contributed by atoms with Crippen LogP contribution in [0, 0.1) is 0 Å². The van der Waals surface area contributed by atoms with Crippen molar-refractivity contribution < 1.29 is 9.53 Å². The zero-order chi connectivity index (χ0) is 20.4. The summed E-state index contributed by atoms with van der Waals surface area (Å²) in [6.07, 6.45) is 3.91. The Balaban J connectivity index is 1.68. The van der Waals surface area contributed by atoms with Crippen molar-refractivity contribution in [2.24, 2.45) is 4.99 Å². The van der Waals surface area contributed by atoms with E-state index in [2.05, 4.69) is 26.6 Å². The van der Waals surface area contributed by atoms with Gasteiger partial charge in [-0.3, -0.25) is 14.7 Å². The summed E-state index contributed by atoms with van der Waals surface area (Å²) in [6.45, 7) is 3.55. The highest BCUT2D eigenvalue weighted by Gasteiger charge is 2.30. The van der Waals surface area contributed by atoms with Gasteiger partial charge in [0, 0.05) is 40.8 Å². The van der Waals surface area contributed by atoms with Gasteiger partial charge < -0.3 is 20.3 Å². The zero-order valence-corrected chi connectivity index (χ0v) is 17.7. The first-order valence-corrected chi connectivity index (χ1v) is 10.1. The Morgan fingerprint density at radius 2 is 2.04 bits per heavy atom. The van der Waals surface area contributed by atoms with Gasteiger partial charge in [-0.1, -0.05) is 18.2 Å². The maximum Gasteiger partial charge on any atom is 0.239 e. The highest BCUT2D eigenvalue weighted by molar-refractivity contribution is 5.81. The summed E-state index contributed by atoms with van der Waals surface area (Å²) in [4.78, 5) is 20.6. The lowest BCUT2D eigenvalue weighted by Crippen LogP contribution is -2.44. The van der Waals surface area contributed by atoms with Crippen molar-refractivity contribution in [2.45, 2.75) is 31.7 Å². The van der Waals surface area contributed by atoms with Crippen LogP contribution in [0.4, 0.5) is 0 Å². The number of hydrogen-bond donors (Lipinski definition) is 2. The summed E-state index contributed by atoms with van der Waals surface area (Å²) in [5.74, 6) is 1.94. The Morgan fingerprint density at radius 3 is 2.75 bits per heavy atom. The second-order valence-electron chi connectivity index (χ2n) is 7.27. The van der Waals surface area contributed by atoms with Crippen LogP contribution in [0.1, 0.15) is 24.8 Å². The van der Waals surface area contributed by atoms with Gasteiger partial charge in [-0.2, -0.15) is 0 Å². The number of rotatable bonds is 9. The molecule has 0 spiro atoms. The van der Waals surface area contributed by atoms with Crippen molar-refractivity contribution in [3.63, 3.8) is 0 Å². The van der Waals surface area contributed by atoms with Crippen molar-refractivity contribution in [3.8, 4) is 5.75 Å². The number of guanidine groups is 1. The van der Waals surface area contributed by atoms with Crippen LogP contribution in [0.15, 0.2) is 29.3 Å². The largest absolute Gasteiger partial charge is 0.496 e. The summed E-state index contributed by atoms with van der Waals surface area (Å²) in [5, 5.41) is 6.71. The highest BCUT2D eigenvalue weighted by atomic mass is 16.5. The first-order chi connectivity index (χ1) is 13.6. The molecule has 1 aromatic rings. The van der Waals surface area contributed by atoms with Crippen LogP contribution in [-0.4, -0.2) is 82.1 Å². The fraction of sp³-hybridized carbons (Fsp3) is 0.619. The van der Waals surface area contributed by atoms with Crippen molar-refractivity contribution in [1.29, 1.82) is 0 Å². The number of likely N-dealkylation sites (N-methyl/N-ethyl adjacent to an activating group) is 1. The van der Waals surface area contributed by atoms with Gasteiger partial charge in [0.05, 0.1) is 13.2 Å². The van der Waals surface area contributed by atoms with E-state index in [1.165, 1.54) is 5.56 Å². The standard InChI is InChI=1S/C21H35N5O2/c1-22-21(24-14-12-17-9-5-6-11-19(17)28-4)23-13-8-16-26-15-7-10-18(26)20(27)25(2)3/h5-6,9,11,18H,7-8,10,12-16H2,1-4H3,(H2,22,23,24). The maximum atomic E-state index is 12.3. The van der Waals surface area contributed by atoms with Crippen molar-refractivity contribution in [1.82, 2.24) is 20.4 Å². The third-order valence-corrected chi connectivity index (χ3v) is 5.11. The molecule has 2 rings (SSSR count). The van der Waals surface area contributed by atoms with Crippen LogP contribution >= 0.6 is 0 Å². The number of nitrogens with one attached hydrogen (secondary N) is 2. The molecule has 1 unspecified atom stereocenters. The van der Waals surface area contributed by atoms with Crippen LogP contribution in [0.2, 0.25) is 0 Å².